The van der Waals surface area contributed by atoms with Crippen LogP contribution < -0.4 is 5.56 Å². The molecule has 0 aliphatic heterocycles. The minimum Gasteiger partial charge on any atom is -0.478 e. The van der Waals surface area contributed by atoms with Crippen LogP contribution in [0.15, 0.2) is 35.3 Å². The third kappa shape index (κ3) is 1.83. The number of hydrogen-bond acceptors (Lipinski definition) is 2. The monoisotopic (exact) mass is 205 g/mol. The molecule has 0 radical (unpaired) electrons. The molecule has 1 heterocycles. The molecule has 78 valence electrons. The minimum atomic E-state index is -1.00. The standard InChI is InChI=1S/C11H11NO3/c13-10-6-5-8(11(14)15)7-12(10)9-3-1-2-4-9/h1-2,5-7,9H,3-4H2,(H,14,15). The van der Waals surface area contributed by atoms with Gasteiger partial charge in [0, 0.05) is 18.3 Å². The van der Waals surface area contributed by atoms with Crippen molar-refractivity contribution in [2.24, 2.45) is 0 Å². The van der Waals surface area contributed by atoms with E-state index in [0.29, 0.717) is 0 Å². The second-order valence-electron chi connectivity index (χ2n) is 3.57. The molecule has 0 bridgehead atoms. The van der Waals surface area contributed by atoms with Crippen LogP contribution in [0.2, 0.25) is 0 Å². The average Bonchev–Trinajstić information content (AvgIpc) is 2.71. The highest BCUT2D eigenvalue weighted by Gasteiger charge is 2.15. The number of allylic oxidation sites excluding steroid dienone is 2. The number of nitrogens with zero attached hydrogens (tertiary/aromatic N) is 1. The molecular formula is C11H11NO3. The molecule has 0 unspecified atom stereocenters. The zero-order chi connectivity index (χ0) is 10.8. The quantitative estimate of drug-likeness (QED) is 0.743. The van der Waals surface area contributed by atoms with E-state index in [2.05, 4.69) is 0 Å². The second-order valence-corrected chi connectivity index (χ2v) is 3.57. The van der Waals surface area contributed by atoms with Crippen molar-refractivity contribution >= 4 is 5.97 Å². The van der Waals surface area contributed by atoms with Crippen LogP contribution in [0.25, 0.3) is 0 Å². The summed E-state index contributed by atoms with van der Waals surface area (Å²) in [6.45, 7) is 0. The summed E-state index contributed by atoms with van der Waals surface area (Å²) in [4.78, 5) is 22.3. The van der Waals surface area contributed by atoms with Gasteiger partial charge >= 0.3 is 5.97 Å². The molecule has 1 aromatic rings. The van der Waals surface area contributed by atoms with Crippen LogP contribution in [0.3, 0.4) is 0 Å². The van der Waals surface area contributed by atoms with Crippen LogP contribution in [-0.2, 0) is 0 Å². The summed E-state index contributed by atoms with van der Waals surface area (Å²) in [6, 6.07) is 2.72. The molecule has 2 rings (SSSR count). The van der Waals surface area contributed by atoms with Crippen molar-refractivity contribution < 1.29 is 9.90 Å². The predicted octanol–water partition coefficient (Wildman–Crippen LogP) is 1.44. The maximum Gasteiger partial charge on any atom is 0.337 e. The molecule has 0 spiro atoms. The molecule has 1 aromatic heterocycles. The highest BCUT2D eigenvalue weighted by molar-refractivity contribution is 5.87. The van der Waals surface area contributed by atoms with E-state index in [0.717, 1.165) is 12.8 Å². The van der Waals surface area contributed by atoms with E-state index >= 15 is 0 Å². The Balaban J connectivity index is 2.41. The van der Waals surface area contributed by atoms with Gasteiger partial charge in [0.1, 0.15) is 0 Å². The Morgan fingerprint density at radius 2 is 2.00 bits per heavy atom. The van der Waals surface area contributed by atoms with Gasteiger partial charge in [-0.3, -0.25) is 4.79 Å². The van der Waals surface area contributed by atoms with Crippen LogP contribution in [0, 0.1) is 0 Å². The Morgan fingerprint density at radius 1 is 1.33 bits per heavy atom. The first-order valence-corrected chi connectivity index (χ1v) is 4.79. The van der Waals surface area contributed by atoms with Gasteiger partial charge in [-0.15, -0.1) is 0 Å². The maximum absolute atomic E-state index is 11.5. The van der Waals surface area contributed by atoms with Gasteiger partial charge in [0.25, 0.3) is 5.56 Å². The van der Waals surface area contributed by atoms with Crippen molar-refractivity contribution in [3.63, 3.8) is 0 Å². The van der Waals surface area contributed by atoms with Gasteiger partial charge in [0.05, 0.1) is 5.56 Å². The first-order valence-electron chi connectivity index (χ1n) is 4.79. The van der Waals surface area contributed by atoms with Gasteiger partial charge in [0.15, 0.2) is 0 Å². The molecule has 0 aromatic carbocycles. The van der Waals surface area contributed by atoms with E-state index in [1.807, 2.05) is 12.2 Å². The molecule has 0 atom stereocenters. The van der Waals surface area contributed by atoms with Gasteiger partial charge in [-0.05, 0) is 18.9 Å². The number of hydrogen-bond donors (Lipinski definition) is 1. The first kappa shape index (κ1) is 9.71. The summed E-state index contributed by atoms with van der Waals surface area (Å²) in [5.41, 5.74) is 0.00944. The second kappa shape index (κ2) is 3.73. The van der Waals surface area contributed by atoms with Crippen LogP contribution in [0.4, 0.5) is 0 Å². The van der Waals surface area contributed by atoms with E-state index in [-0.39, 0.29) is 17.2 Å². The zero-order valence-electron chi connectivity index (χ0n) is 8.09. The van der Waals surface area contributed by atoms with Crippen molar-refractivity contribution in [1.82, 2.24) is 4.57 Å². The molecule has 1 N–H and O–H groups in total. The number of carboxylic acid groups (broad SMARTS) is 1. The molecule has 0 saturated heterocycles. The highest BCUT2D eigenvalue weighted by atomic mass is 16.4. The lowest BCUT2D eigenvalue weighted by atomic mass is 10.2. The minimum absolute atomic E-state index is 0.0804. The van der Waals surface area contributed by atoms with Crippen LogP contribution >= 0.6 is 0 Å². The molecule has 0 fully saturated rings. The molecule has 1 aliphatic rings. The van der Waals surface area contributed by atoms with E-state index in [1.54, 1.807) is 0 Å². The number of aromatic carboxylic acids is 1. The number of rotatable bonds is 2. The van der Waals surface area contributed by atoms with Gasteiger partial charge in [-0.2, -0.15) is 0 Å². The highest BCUT2D eigenvalue weighted by Crippen LogP contribution is 2.21. The van der Waals surface area contributed by atoms with Gasteiger partial charge in [-0.1, -0.05) is 12.2 Å². The Labute approximate surface area is 86.5 Å². The summed E-state index contributed by atoms with van der Waals surface area (Å²) in [7, 11) is 0. The lowest BCUT2D eigenvalue weighted by Gasteiger charge is -2.13. The van der Waals surface area contributed by atoms with E-state index in [9.17, 15) is 9.59 Å². The summed E-state index contributed by atoms with van der Waals surface area (Å²) < 4.78 is 1.50. The normalized spacial score (nSPS) is 15.7. The first-order chi connectivity index (χ1) is 7.18. The SMILES string of the molecule is O=C(O)c1ccc(=O)n(C2CC=CC2)c1. The van der Waals surface area contributed by atoms with E-state index in [1.165, 1.54) is 22.9 Å². The molecule has 15 heavy (non-hydrogen) atoms. The molecule has 0 saturated carbocycles. The number of carboxylic acids is 1. The van der Waals surface area contributed by atoms with Crippen molar-refractivity contribution in [2.45, 2.75) is 18.9 Å². The number of carbonyl (C=O) groups is 1. The Hall–Kier alpha value is -1.84. The summed E-state index contributed by atoms with van der Waals surface area (Å²) in [6.07, 6.45) is 7.02. The summed E-state index contributed by atoms with van der Waals surface area (Å²) in [5.74, 6) is -1.00. The van der Waals surface area contributed by atoms with Crippen molar-refractivity contribution in [1.29, 1.82) is 0 Å². The summed E-state index contributed by atoms with van der Waals surface area (Å²) >= 11 is 0. The molecule has 1 aliphatic carbocycles. The lowest BCUT2D eigenvalue weighted by Crippen LogP contribution is -2.23. The Morgan fingerprint density at radius 3 is 2.60 bits per heavy atom. The topological polar surface area (TPSA) is 59.3 Å². The summed E-state index contributed by atoms with van der Waals surface area (Å²) in [5, 5.41) is 8.81. The third-order valence-electron chi connectivity index (χ3n) is 2.56. The maximum atomic E-state index is 11.5. The third-order valence-corrected chi connectivity index (χ3v) is 2.56. The molecule has 4 nitrogen and oxygen atoms in total. The Kier molecular flexibility index (Phi) is 2.41. The molecule has 0 amide bonds. The van der Waals surface area contributed by atoms with Crippen LogP contribution in [0.1, 0.15) is 29.2 Å². The van der Waals surface area contributed by atoms with Crippen molar-refractivity contribution in [2.75, 3.05) is 0 Å². The fourth-order valence-electron chi connectivity index (χ4n) is 1.75. The van der Waals surface area contributed by atoms with Gasteiger partial charge < -0.3 is 9.67 Å². The van der Waals surface area contributed by atoms with E-state index < -0.39 is 5.97 Å². The lowest BCUT2D eigenvalue weighted by molar-refractivity contribution is 0.0695. The fourth-order valence-corrected chi connectivity index (χ4v) is 1.75. The average molecular weight is 205 g/mol. The van der Waals surface area contributed by atoms with E-state index in [4.69, 9.17) is 5.11 Å². The van der Waals surface area contributed by atoms with Crippen LogP contribution in [-0.4, -0.2) is 15.6 Å². The van der Waals surface area contributed by atoms with Gasteiger partial charge in [-0.25, -0.2) is 4.79 Å². The predicted molar refractivity (Wildman–Crippen MR) is 55.1 cm³/mol. The largest absolute Gasteiger partial charge is 0.478 e. The molecule has 4 heteroatoms. The molecular weight excluding hydrogens is 194 g/mol. The van der Waals surface area contributed by atoms with Crippen molar-refractivity contribution in [3.05, 3.63) is 46.4 Å². The Bertz CT molecular complexity index is 465. The van der Waals surface area contributed by atoms with Crippen molar-refractivity contribution in [3.8, 4) is 0 Å². The smallest absolute Gasteiger partial charge is 0.337 e. The van der Waals surface area contributed by atoms with Gasteiger partial charge in [0.2, 0.25) is 0 Å². The number of pyridine rings is 1. The number of aromatic nitrogens is 1. The van der Waals surface area contributed by atoms with Crippen LogP contribution in [0.5, 0.6) is 0 Å². The fraction of sp³-hybridized carbons (Fsp3) is 0.273. The zero-order valence-corrected chi connectivity index (χ0v) is 8.09.